The first-order valence-electron chi connectivity index (χ1n) is 6.66. The summed E-state index contributed by atoms with van der Waals surface area (Å²) in [5, 5.41) is 12.8. The second-order valence-electron chi connectivity index (χ2n) is 5.51. The van der Waals surface area contributed by atoms with E-state index in [0.29, 0.717) is 18.2 Å². The number of hydrogen-bond acceptors (Lipinski definition) is 3. The Morgan fingerprint density at radius 1 is 1.06 bits per heavy atom. The van der Waals surface area contributed by atoms with Gasteiger partial charge in [-0.2, -0.15) is 5.26 Å². The van der Waals surface area contributed by atoms with Crippen molar-refractivity contribution in [3.63, 3.8) is 0 Å². The normalized spacial score (nSPS) is 43.4. The molecule has 4 atom stereocenters. The monoisotopic (exact) mass is 220 g/mol. The average Bonchev–Trinajstić information content (AvgIpc) is 2.88. The maximum absolute atomic E-state index is 9.08. The van der Waals surface area contributed by atoms with E-state index in [1.54, 1.807) is 0 Å². The van der Waals surface area contributed by atoms with Gasteiger partial charge < -0.3 is 10.1 Å². The van der Waals surface area contributed by atoms with E-state index in [1.165, 1.54) is 25.7 Å². The van der Waals surface area contributed by atoms with Crippen molar-refractivity contribution in [3.05, 3.63) is 0 Å². The zero-order valence-corrected chi connectivity index (χ0v) is 9.69. The molecule has 1 N–H and O–H groups in total. The SMILES string of the molecule is N#CC1CCCC1NC1CCOC1C1CC1. The summed E-state index contributed by atoms with van der Waals surface area (Å²) >= 11 is 0. The molecule has 0 aromatic carbocycles. The first-order chi connectivity index (χ1) is 7.88. The number of nitriles is 1. The van der Waals surface area contributed by atoms with E-state index in [1.807, 2.05) is 0 Å². The Morgan fingerprint density at radius 2 is 1.94 bits per heavy atom. The highest BCUT2D eigenvalue weighted by atomic mass is 16.5. The average molecular weight is 220 g/mol. The van der Waals surface area contributed by atoms with Crippen LogP contribution in [0.3, 0.4) is 0 Å². The van der Waals surface area contributed by atoms with Gasteiger partial charge in [0.1, 0.15) is 0 Å². The smallest absolute Gasteiger partial charge is 0.0757 e. The van der Waals surface area contributed by atoms with Crippen molar-refractivity contribution in [3.8, 4) is 6.07 Å². The molecule has 0 aromatic rings. The highest BCUT2D eigenvalue weighted by Crippen LogP contribution is 2.39. The van der Waals surface area contributed by atoms with Gasteiger partial charge in [-0.1, -0.05) is 6.42 Å². The van der Waals surface area contributed by atoms with E-state index in [2.05, 4.69) is 11.4 Å². The summed E-state index contributed by atoms with van der Waals surface area (Å²) in [5.41, 5.74) is 0. The minimum atomic E-state index is 0.237. The van der Waals surface area contributed by atoms with Gasteiger partial charge in [-0.15, -0.1) is 0 Å². The molecule has 1 saturated heterocycles. The molecule has 88 valence electrons. The predicted octanol–water partition coefficient (Wildman–Crippen LogP) is 1.84. The van der Waals surface area contributed by atoms with E-state index in [-0.39, 0.29) is 5.92 Å². The van der Waals surface area contributed by atoms with Gasteiger partial charge in [0, 0.05) is 18.7 Å². The van der Waals surface area contributed by atoms with Crippen LogP contribution in [0.5, 0.6) is 0 Å². The van der Waals surface area contributed by atoms with E-state index >= 15 is 0 Å². The van der Waals surface area contributed by atoms with Crippen molar-refractivity contribution in [1.29, 1.82) is 5.26 Å². The molecule has 0 aromatic heterocycles. The molecule has 1 aliphatic heterocycles. The van der Waals surface area contributed by atoms with Crippen LogP contribution in [0.2, 0.25) is 0 Å². The highest BCUT2D eigenvalue weighted by molar-refractivity contribution is 5.01. The molecule has 3 fully saturated rings. The first kappa shape index (κ1) is 10.6. The molecule has 0 spiro atoms. The molecule has 1 heterocycles. The van der Waals surface area contributed by atoms with E-state index in [9.17, 15) is 0 Å². The third-order valence-corrected chi connectivity index (χ3v) is 4.33. The molecule has 0 amide bonds. The van der Waals surface area contributed by atoms with Crippen LogP contribution in [0, 0.1) is 23.2 Å². The molecule has 0 bridgehead atoms. The van der Waals surface area contributed by atoms with Gasteiger partial charge in [0.2, 0.25) is 0 Å². The predicted molar refractivity (Wildman–Crippen MR) is 60.7 cm³/mol. The Morgan fingerprint density at radius 3 is 2.69 bits per heavy atom. The molecule has 16 heavy (non-hydrogen) atoms. The number of rotatable bonds is 3. The summed E-state index contributed by atoms with van der Waals surface area (Å²) in [7, 11) is 0. The van der Waals surface area contributed by atoms with Crippen molar-refractivity contribution < 1.29 is 4.74 Å². The summed E-state index contributed by atoms with van der Waals surface area (Å²) in [6.45, 7) is 0.906. The molecule has 3 nitrogen and oxygen atoms in total. The number of hydrogen-bond donors (Lipinski definition) is 1. The van der Waals surface area contributed by atoms with Crippen LogP contribution in [0.1, 0.15) is 38.5 Å². The number of ether oxygens (including phenoxy) is 1. The summed E-state index contributed by atoms with van der Waals surface area (Å²) in [5.74, 6) is 1.04. The molecule has 2 aliphatic carbocycles. The largest absolute Gasteiger partial charge is 0.376 e. The Hall–Kier alpha value is -0.590. The van der Waals surface area contributed by atoms with Gasteiger partial charge in [0.05, 0.1) is 18.1 Å². The quantitative estimate of drug-likeness (QED) is 0.789. The summed E-state index contributed by atoms with van der Waals surface area (Å²) in [6, 6.07) is 3.39. The second-order valence-corrected chi connectivity index (χ2v) is 5.51. The van der Waals surface area contributed by atoms with Crippen LogP contribution in [-0.2, 0) is 4.74 Å². The van der Waals surface area contributed by atoms with Gasteiger partial charge in [0.25, 0.3) is 0 Å². The fraction of sp³-hybridized carbons (Fsp3) is 0.923. The van der Waals surface area contributed by atoms with Crippen LogP contribution < -0.4 is 5.32 Å². The third-order valence-electron chi connectivity index (χ3n) is 4.33. The first-order valence-corrected chi connectivity index (χ1v) is 6.66. The van der Waals surface area contributed by atoms with Gasteiger partial charge >= 0.3 is 0 Å². The molecular weight excluding hydrogens is 200 g/mol. The van der Waals surface area contributed by atoms with E-state index < -0.39 is 0 Å². The highest BCUT2D eigenvalue weighted by Gasteiger charge is 2.42. The maximum atomic E-state index is 9.08. The van der Waals surface area contributed by atoms with Gasteiger partial charge in [0.15, 0.2) is 0 Å². The van der Waals surface area contributed by atoms with E-state index in [4.69, 9.17) is 10.00 Å². The second kappa shape index (κ2) is 4.35. The lowest BCUT2D eigenvalue weighted by atomic mass is 10.0. The van der Waals surface area contributed by atoms with Crippen molar-refractivity contribution in [2.75, 3.05) is 6.61 Å². The van der Waals surface area contributed by atoms with Crippen molar-refractivity contribution in [2.24, 2.45) is 11.8 Å². The van der Waals surface area contributed by atoms with Crippen LogP contribution in [-0.4, -0.2) is 24.8 Å². The lowest BCUT2D eigenvalue weighted by molar-refractivity contribution is 0.0783. The summed E-state index contributed by atoms with van der Waals surface area (Å²) in [4.78, 5) is 0. The third kappa shape index (κ3) is 1.97. The van der Waals surface area contributed by atoms with Crippen LogP contribution >= 0.6 is 0 Å². The molecule has 3 aliphatic rings. The molecule has 4 unspecified atom stereocenters. The zero-order chi connectivity index (χ0) is 11.0. The van der Waals surface area contributed by atoms with Gasteiger partial charge in [-0.05, 0) is 38.0 Å². The Balaban J connectivity index is 1.59. The molecule has 2 saturated carbocycles. The molecule has 3 rings (SSSR count). The molecular formula is C13H20N2O. The molecule has 0 radical (unpaired) electrons. The van der Waals surface area contributed by atoms with Crippen LogP contribution in [0.15, 0.2) is 0 Å². The Bertz CT molecular complexity index is 295. The maximum Gasteiger partial charge on any atom is 0.0757 e. The topological polar surface area (TPSA) is 45.0 Å². The lowest BCUT2D eigenvalue weighted by Gasteiger charge is -2.25. The Kier molecular flexibility index (Phi) is 2.87. The number of nitrogens with one attached hydrogen (secondary N) is 1. The number of nitrogens with zero attached hydrogens (tertiary/aromatic N) is 1. The lowest BCUT2D eigenvalue weighted by Crippen LogP contribution is -2.45. The van der Waals surface area contributed by atoms with Gasteiger partial charge in [-0.3, -0.25) is 0 Å². The summed E-state index contributed by atoms with van der Waals surface area (Å²) < 4.78 is 5.82. The standard InChI is InChI=1S/C13H20N2O/c14-8-10-2-1-3-11(10)15-12-6-7-16-13(12)9-4-5-9/h9-13,15H,1-7H2. The van der Waals surface area contributed by atoms with Crippen molar-refractivity contribution in [1.82, 2.24) is 5.32 Å². The minimum Gasteiger partial charge on any atom is -0.376 e. The fourth-order valence-corrected chi connectivity index (χ4v) is 3.27. The molecule has 3 heteroatoms. The Labute approximate surface area is 97.2 Å². The van der Waals surface area contributed by atoms with Gasteiger partial charge in [-0.25, -0.2) is 0 Å². The van der Waals surface area contributed by atoms with Crippen LogP contribution in [0.25, 0.3) is 0 Å². The minimum absolute atomic E-state index is 0.237. The zero-order valence-electron chi connectivity index (χ0n) is 9.69. The van der Waals surface area contributed by atoms with Crippen molar-refractivity contribution in [2.45, 2.75) is 56.7 Å². The van der Waals surface area contributed by atoms with Crippen LogP contribution in [0.4, 0.5) is 0 Å². The van der Waals surface area contributed by atoms with E-state index in [0.717, 1.165) is 25.4 Å². The fourth-order valence-electron chi connectivity index (χ4n) is 3.27. The summed E-state index contributed by atoms with van der Waals surface area (Å²) in [6.07, 6.45) is 7.72. The van der Waals surface area contributed by atoms with Crippen molar-refractivity contribution >= 4 is 0 Å².